The quantitative estimate of drug-likeness (QED) is 0.464. The van der Waals surface area contributed by atoms with Gasteiger partial charge in [-0.2, -0.15) is 0 Å². The Bertz CT molecular complexity index is 1090. The fourth-order valence-corrected chi connectivity index (χ4v) is 3.30. The average Bonchev–Trinajstić information content (AvgIpc) is 2.70. The van der Waals surface area contributed by atoms with Gasteiger partial charge in [-0.1, -0.05) is 65.7 Å². The summed E-state index contributed by atoms with van der Waals surface area (Å²) < 4.78 is 0. The average molecular weight is 445 g/mol. The Labute approximate surface area is 182 Å². The Kier molecular flexibility index (Phi) is 6.49. The SMILES string of the molecule is O=C(NC(=S)Nc1cc(C(=O)O)c(Cl)cc1Cl)c1ccc(-c2ccccc2)cc1. The number of benzene rings is 3. The van der Waals surface area contributed by atoms with Crippen molar-refractivity contribution in [2.45, 2.75) is 0 Å². The highest BCUT2D eigenvalue weighted by molar-refractivity contribution is 7.80. The third-order valence-corrected chi connectivity index (χ3v) is 4.85. The molecule has 0 saturated heterocycles. The molecule has 0 heterocycles. The minimum Gasteiger partial charge on any atom is -0.478 e. The van der Waals surface area contributed by atoms with Gasteiger partial charge in [0.15, 0.2) is 5.11 Å². The van der Waals surface area contributed by atoms with Crippen molar-refractivity contribution in [2.75, 3.05) is 5.32 Å². The number of carbonyl (C=O) groups is 2. The lowest BCUT2D eigenvalue weighted by Gasteiger charge is -2.12. The zero-order valence-corrected chi connectivity index (χ0v) is 17.1. The molecule has 8 heteroatoms. The lowest BCUT2D eigenvalue weighted by Crippen LogP contribution is -2.34. The normalized spacial score (nSPS) is 10.3. The maximum Gasteiger partial charge on any atom is 0.337 e. The molecule has 0 aliphatic heterocycles. The maximum absolute atomic E-state index is 12.4. The third-order valence-electron chi connectivity index (χ3n) is 4.02. The van der Waals surface area contributed by atoms with Crippen LogP contribution in [0.3, 0.4) is 0 Å². The molecular weight excluding hydrogens is 431 g/mol. The van der Waals surface area contributed by atoms with Crippen molar-refractivity contribution in [3.05, 3.63) is 87.9 Å². The number of carboxylic acids is 1. The van der Waals surface area contributed by atoms with Crippen molar-refractivity contribution in [2.24, 2.45) is 0 Å². The van der Waals surface area contributed by atoms with E-state index in [-0.39, 0.29) is 26.4 Å². The van der Waals surface area contributed by atoms with Gasteiger partial charge in [-0.25, -0.2) is 4.79 Å². The molecular formula is C21H14Cl2N2O3S. The summed E-state index contributed by atoms with van der Waals surface area (Å²) in [6.45, 7) is 0. The highest BCUT2D eigenvalue weighted by Crippen LogP contribution is 2.29. The molecule has 0 saturated carbocycles. The number of thiocarbonyl (C=S) groups is 1. The Balaban J connectivity index is 1.69. The number of halogens is 2. The topological polar surface area (TPSA) is 78.4 Å². The van der Waals surface area contributed by atoms with Gasteiger partial charge in [0, 0.05) is 5.56 Å². The second-order valence-electron chi connectivity index (χ2n) is 5.97. The molecule has 1 amide bonds. The van der Waals surface area contributed by atoms with Gasteiger partial charge in [-0.3, -0.25) is 10.1 Å². The van der Waals surface area contributed by atoms with E-state index in [0.717, 1.165) is 11.1 Å². The Morgan fingerprint density at radius 3 is 2.10 bits per heavy atom. The standard InChI is InChI=1S/C21H14Cl2N2O3S/c22-16-11-17(23)18(10-15(16)20(27)28)24-21(29)25-19(26)14-8-6-13(7-9-14)12-4-2-1-3-5-12/h1-11H,(H,27,28)(H2,24,25,26,29). The second kappa shape index (κ2) is 9.05. The molecule has 146 valence electrons. The Morgan fingerprint density at radius 1 is 0.862 bits per heavy atom. The van der Waals surface area contributed by atoms with E-state index in [4.69, 9.17) is 40.5 Å². The van der Waals surface area contributed by atoms with Crippen molar-refractivity contribution in [3.63, 3.8) is 0 Å². The van der Waals surface area contributed by atoms with Gasteiger partial charge in [0.05, 0.1) is 21.3 Å². The van der Waals surface area contributed by atoms with Crippen molar-refractivity contribution in [1.29, 1.82) is 0 Å². The summed E-state index contributed by atoms with van der Waals surface area (Å²) in [6, 6.07) is 19.4. The van der Waals surface area contributed by atoms with E-state index >= 15 is 0 Å². The van der Waals surface area contributed by atoms with Crippen LogP contribution in [0.15, 0.2) is 66.7 Å². The smallest absolute Gasteiger partial charge is 0.337 e. The van der Waals surface area contributed by atoms with Crippen LogP contribution in [-0.4, -0.2) is 22.1 Å². The lowest BCUT2D eigenvalue weighted by atomic mass is 10.0. The molecule has 3 N–H and O–H groups in total. The van der Waals surface area contributed by atoms with Crippen LogP contribution < -0.4 is 10.6 Å². The van der Waals surface area contributed by atoms with Gasteiger partial charge in [0.1, 0.15) is 0 Å². The van der Waals surface area contributed by atoms with E-state index in [1.165, 1.54) is 12.1 Å². The molecule has 29 heavy (non-hydrogen) atoms. The fraction of sp³-hybridized carbons (Fsp3) is 0. The number of hydrogen-bond donors (Lipinski definition) is 3. The first kappa shape index (κ1) is 20.8. The molecule has 0 aromatic heterocycles. The first-order valence-electron chi connectivity index (χ1n) is 8.35. The second-order valence-corrected chi connectivity index (χ2v) is 7.19. The minimum atomic E-state index is -1.21. The molecule has 0 atom stereocenters. The van der Waals surface area contributed by atoms with Crippen LogP contribution in [0, 0.1) is 0 Å². The molecule has 3 aromatic rings. The van der Waals surface area contributed by atoms with Crippen LogP contribution in [0.2, 0.25) is 10.0 Å². The summed E-state index contributed by atoms with van der Waals surface area (Å²) in [4.78, 5) is 23.6. The minimum absolute atomic E-state index is 0.00140. The number of carbonyl (C=O) groups excluding carboxylic acids is 1. The molecule has 3 rings (SSSR count). The Hall–Kier alpha value is -2.93. The molecule has 0 aliphatic carbocycles. The number of rotatable bonds is 4. The maximum atomic E-state index is 12.4. The molecule has 0 radical (unpaired) electrons. The molecule has 5 nitrogen and oxygen atoms in total. The van der Waals surface area contributed by atoms with Crippen LogP contribution in [0.1, 0.15) is 20.7 Å². The van der Waals surface area contributed by atoms with E-state index in [9.17, 15) is 9.59 Å². The lowest BCUT2D eigenvalue weighted by molar-refractivity contribution is 0.0697. The van der Waals surface area contributed by atoms with E-state index < -0.39 is 11.9 Å². The van der Waals surface area contributed by atoms with E-state index in [1.807, 2.05) is 42.5 Å². The van der Waals surface area contributed by atoms with Gasteiger partial charge in [-0.15, -0.1) is 0 Å². The molecule has 0 aliphatic rings. The van der Waals surface area contributed by atoms with Crippen LogP contribution in [0.5, 0.6) is 0 Å². The summed E-state index contributed by atoms with van der Waals surface area (Å²) >= 11 is 17.1. The summed E-state index contributed by atoms with van der Waals surface area (Å²) in [7, 11) is 0. The van der Waals surface area contributed by atoms with Gasteiger partial charge >= 0.3 is 5.97 Å². The molecule has 0 unspecified atom stereocenters. The van der Waals surface area contributed by atoms with Gasteiger partial charge < -0.3 is 10.4 Å². The zero-order chi connectivity index (χ0) is 21.0. The predicted octanol–water partition coefficient (Wildman–Crippen LogP) is 5.49. The van der Waals surface area contributed by atoms with E-state index in [0.29, 0.717) is 5.56 Å². The number of nitrogens with one attached hydrogen (secondary N) is 2. The summed E-state index contributed by atoms with van der Waals surface area (Å²) in [5.41, 5.74) is 2.53. The Morgan fingerprint density at radius 2 is 1.48 bits per heavy atom. The summed E-state index contributed by atoms with van der Waals surface area (Å²) in [6.07, 6.45) is 0. The highest BCUT2D eigenvalue weighted by Gasteiger charge is 2.15. The van der Waals surface area contributed by atoms with E-state index in [2.05, 4.69) is 10.6 Å². The first-order chi connectivity index (χ1) is 13.8. The van der Waals surface area contributed by atoms with Crippen LogP contribution in [0.25, 0.3) is 11.1 Å². The molecule has 3 aromatic carbocycles. The largest absolute Gasteiger partial charge is 0.478 e. The molecule has 0 bridgehead atoms. The van der Waals surface area contributed by atoms with Crippen molar-refractivity contribution in [3.8, 4) is 11.1 Å². The van der Waals surface area contributed by atoms with Gasteiger partial charge in [0.2, 0.25) is 0 Å². The number of anilines is 1. The number of aromatic carboxylic acids is 1. The van der Waals surface area contributed by atoms with Gasteiger partial charge in [-0.05, 0) is 47.6 Å². The summed E-state index contributed by atoms with van der Waals surface area (Å²) in [5, 5.41) is 14.6. The highest BCUT2D eigenvalue weighted by atomic mass is 35.5. The first-order valence-corrected chi connectivity index (χ1v) is 9.51. The third kappa shape index (κ3) is 5.12. The number of carboxylic acid groups (broad SMARTS) is 1. The zero-order valence-electron chi connectivity index (χ0n) is 14.8. The van der Waals surface area contributed by atoms with Crippen molar-refractivity contribution < 1.29 is 14.7 Å². The number of amides is 1. The fourth-order valence-electron chi connectivity index (χ4n) is 2.58. The molecule has 0 fully saturated rings. The van der Waals surface area contributed by atoms with Crippen LogP contribution in [-0.2, 0) is 0 Å². The predicted molar refractivity (Wildman–Crippen MR) is 119 cm³/mol. The van der Waals surface area contributed by atoms with Crippen molar-refractivity contribution >= 4 is 58.1 Å². The van der Waals surface area contributed by atoms with Gasteiger partial charge in [0.25, 0.3) is 5.91 Å². The van der Waals surface area contributed by atoms with Crippen molar-refractivity contribution in [1.82, 2.24) is 5.32 Å². The van der Waals surface area contributed by atoms with Crippen LogP contribution in [0.4, 0.5) is 5.69 Å². The molecule has 0 spiro atoms. The monoisotopic (exact) mass is 444 g/mol. The van der Waals surface area contributed by atoms with E-state index in [1.54, 1.807) is 12.1 Å². The van der Waals surface area contributed by atoms with Crippen LogP contribution >= 0.6 is 35.4 Å². The number of hydrogen-bond acceptors (Lipinski definition) is 3. The summed E-state index contributed by atoms with van der Waals surface area (Å²) in [5.74, 6) is -1.62.